The van der Waals surface area contributed by atoms with E-state index in [-0.39, 0.29) is 88.5 Å². The van der Waals surface area contributed by atoms with Crippen LogP contribution in [0.4, 0.5) is 0 Å². The molecule has 4 N–H and O–H groups in total. The van der Waals surface area contributed by atoms with Crippen LogP contribution in [0.25, 0.3) is 0 Å². The first kappa shape index (κ1) is 35.3. The summed E-state index contributed by atoms with van der Waals surface area (Å²) in [5.41, 5.74) is 0. The molecule has 0 atom stereocenters. The van der Waals surface area contributed by atoms with Gasteiger partial charge in [-0.15, -0.1) is 0 Å². The van der Waals surface area contributed by atoms with Gasteiger partial charge in [-0.1, -0.05) is 0 Å². The summed E-state index contributed by atoms with van der Waals surface area (Å²) in [5, 5.41) is 34.5. The van der Waals surface area contributed by atoms with Gasteiger partial charge in [-0.2, -0.15) is 0 Å². The van der Waals surface area contributed by atoms with Crippen LogP contribution >= 0.6 is 0 Å². The third-order valence-corrected chi connectivity index (χ3v) is 2.17. The van der Waals surface area contributed by atoms with E-state index in [9.17, 15) is 19.2 Å². The zero-order chi connectivity index (χ0) is 15.7. The Kier molecular flexibility index (Phi) is 28.7. The molecule has 0 aromatic carbocycles. The van der Waals surface area contributed by atoms with Gasteiger partial charge in [-0.3, -0.25) is 29.0 Å². The van der Waals surface area contributed by atoms with Gasteiger partial charge in [0.15, 0.2) is 0 Å². The average molecular weight is 324 g/mol. The molecule has 0 bridgehead atoms. The minimum absolute atomic E-state index is 0. The molecule has 0 amide bonds. The number of carboxylic acids is 4. The van der Waals surface area contributed by atoms with Gasteiger partial charge >= 0.3 is 99.3 Å². The predicted octanol–water partition coefficient (Wildman–Crippen LogP) is -4.67. The Bertz CT molecular complexity index is 331. The summed E-state index contributed by atoms with van der Waals surface area (Å²) in [6.45, 7) is -2.25. The van der Waals surface area contributed by atoms with Crippen LogP contribution < -0.4 is 0 Å². The summed E-state index contributed by atoms with van der Waals surface area (Å²) < 4.78 is 0. The van der Waals surface area contributed by atoms with Crippen molar-refractivity contribution in [3.05, 3.63) is 0 Å². The quantitative estimate of drug-likeness (QED) is 0.272. The van der Waals surface area contributed by atoms with Crippen LogP contribution in [0.3, 0.4) is 0 Å². The number of carbonyl (C=O) groups is 4. The van der Waals surface area contributed by atoms with Gasteiger partial charge < -0.3 is 20.4 Å². The molecule has 0 aromatic heterocycles. The van der Waals surface area contributed by atoms with Gasteiger partial charge in [0.1, 0.15) is 0 Å². The summed E-state index contributed by atoms with van der Waals surface area (Å²) in [6, 6.07) is 0. The second-order valence-corrected chi connectivity index (χ2v) is 4.00. The van der Waals surface area contributed by atoms with Crippen LogP contribution in [0.15, 0.2) is 0 Å². The number of hydrogen-bond acceptors (Lipinski definition) is 6. The summed E-state index contributed by atoms with van der Waals surface area (Å²) in [7, 11) is 0. The molecular weight excluding hydrogens is 304 g/mol. The second kappa shape index (κ2) is 19.5. The molecule has 10 nitrogen and oxygen atoms in total. The van der Waals surface area contributed by atoms with Crippen molar-refractivity contribution in [2.24, 2.45) is 0 Å². The molecule has 0 heterocycles. The minimum atomic E-state index is -1.23. The van der Waals surface area contributed by atoms with Crippen LogP contribution in [0.2, 0.25) is 0 Å². The van der Waals surface area contributed by atoms with Gasteiger partial charge in [0.05, 0.1) is 26.2 Å². The van der Waals surface area contributed by atoms with E-state index in [1.165, 1.54) is 0 Å². The predicted molar refractivity (Wildman–Crippen MR) is 92.0 cm³/mol. The summed E-state index contributed by atoms with van der Waals surface area (Å²) in [6.07, 6.45) is 0. The first-order valence-electron chi connectivity index (χ1n) is 5.52. The fourth-order valence-corrected chi connectivity index (χ4v) is 1.48. The molecule has 0 fully saturated rings. The van der Waals surface area contributed by atoms with Gasteiger partial charge in [-0.25, -0.2) is 0 Å². The first-order chi connectivity index (χ1) is 9.20. The summed E-state index contributed by atoms with van der Waals surface area (Å²) in [5.74, 6) is -4.91. The molecule has 122 valence electrons. The van der Waals surface area contributed by atoms with E-state index >= 15 is 0 Å². The van der Waals surface area contributed by atoms with Crippen LogP contribution in [0, 0.1) is 0 Å². The molecule has 0 saturated heterocycles. The van der Waals surface area contributed by atoms with Crippen molar-refractivity contribution in [1.82, 2.24) is 9.80 Å². The van der Waals surface area contributed by atoms with Crippen LogP contribution in [0.5, 0.6) is 0 Å². The molecule has 0 aliphatic heterocycles. The van der Waals surface area contributed by atoms with E-state index in [1.54, 1.807) is 0 Å². The molecule has 0 aromatic rings. The number of nitrogens with zero attached hydrogens (tertiary/aromatic N) is 2. The number of carboxylic acid groups (broad SMARTS) is 4. The van der Waals surface area contributed by atoms with E-state index in [0.717, 1.165) is 9.80 Å². The topological polar surface area (TPSA) is 156 Å². The third kappa shape index (κ3) is 22.2. The summed E-state index contributed by atoms with van der Waals surface area (Å²) >= 11 is 0. The molecule has 14 heteroatoms. The maximum absolute atomic E-state index is 10.6. The standard InChI is InChI=1S/C10H16N2O8.4Li.4H/c13-7(14)3-11(4-8(15)16)1-2-12(5-9(17)18)6-10(19)20;;;;;;;;/h1-6H2,(H,13,14)(H,15,16)(H,17,18)(H,19,20);;;;;;;;. The Morgan fingerprint density at radius 3 is 0.792 bits per heavy atom. The van der Waals surface area contributed by atoms with E-state index in [0.29, 0.717) is 0 Å². The van der Waals surface area contributed by atoms with Crippen molar-refractivity contribution < 1.29 is 39.6 Å². The Labute approximate surface area is 187 Å². The van der Waals surface area contributed by atoms with Gasteiger partial charge in [0, 0.05) is 13.1 Å². The molecule has 0 radical (unpaired) electrons. The molecule has 0 aliphatic rings. The summed E-state index contributed by atoms with van der Waals surface area (Å²) in [4.78, 5) is 44.4. The van der Waals surface area contributed by atoms with E-state index in [4.69, 9.17) is 20.4 Å². The Hall–Kier alpha value is 0.190. The van der Waals surface area contributed by atoms with Gasteiger partial charge in [0.2, 0.25) is 0 Å². The molecular formula is C10H20Li4N2O8. The fraction of sp³-hybridized carbons (Fsp3) is 0.600. The maximum atomic E-state index is 10.6. The van der Waals surface area contributed by atoms with Crippen molar-refractivity contribution in [3.63, 3.8) is 0 Å². The zero-order valence-electron chi connectivity index (χ0n) is 10.6. The molecule has 0 spiro atoms. The van der Waals surface area contributed by atoms with E-state index in [2.05, 4.69) is 0 Å². The van der Waals surface area contributed by atoms with E-state index in [1.807, 2.05) is 0 Å². The van der Waals surface area contributed by atoms with Gasteiger partial charge in [-0.05, 0) is 0 Å². The SMILES string of the molecule is O=C(O)CN(CCN(CC(=O)O)CC(=O)O)CC(=O)O.[LiH].[LiH].[LiH].[LiH]. The Morgan fingerprint density at radius 1 is 0.500 bits per heavy atom. The molecule has 0 aliphatic carbocycles. The molecule has 0 unspecified atom stereocenters. The average Bonchev–Trinajstić information content (AvgIpc) is 2.22. The third-order valence-electron chi connectivity index (χ3n) is 2.17. The monoisotopic (exact) mass is 324 g/mol. The van der Waals surface area contributed by atoms with Crippen molar-refractivity contribution in [3.8, 4) is 0 Å². The van der Waals surface area contributed by atoms with Crippen molar-refractivity contribution >= 4 is 99.3 Å². The van der Waals surface area contributed by atoms with Crippen LogP contribution in [-0.2, 0) is 19.2 Å². The number of hydrogen-bond donors (Lipinski definition) is 4. The normalized spacial score (nSPS) is 8.92. The van der Waals surface area contributed by atoms with Gasteiger partial charge in [0.25, 0.3) is 0 Å². The van der Waals surface area contributed by atoms with E-state index < -0.39 is 50.1 Å². The molecule has 0 saturated carbocycles. The van der Waals surface area contributed by atoms with Crippen LogP contribution in [0.1, 0.15) is 0 Å². The van der Waals surface area contributed by atoms with Crippen LogP contribution in [-0.4, -0.2) is 169 Å². The van der Waals surface area contributed by atoms with Crippen molar-refractivity contribution in [1.29, 1.82) is 0 Å². The molecule has 24 heavy (non-hydrogen) atoms. The second-order valence-electron chi connectivity index (χ2n) is 4.00. The fourth-order valence-electron chi connectivity index (χ4n) is 1.48. The van der Waals surface area contributed by atoms with Crippen molar-refractivity contribution in [2.45, 2.75) is 0 Å². The first-order valence-corrected chi connectivity index (χ1v) is 5.52. The molecule has 0 rings (SSSR count). The number of rotatable bonds is 11. The zero-order valence-corrected chi connectivity index (χ0v) is 10.6. The Morgan fingerprint density at radius 2 is 0.667 bits per heavy atom. The Balaban J connectivity index is -0.000000301. The number of aliphatic carboxylic acids is 4. The van der Waals surface area contributed by atoms with Crippen molar-refractivity contribution in [2.75, 3.05) is 39.3 Å².